The topological polar surface area (TPSA) is 60.2 Å². The first-order valence-electron chi connectivity index (χ1n) is 5.37. The van der Waals surface area contributed by atoms with Gasteiger partial charge in [-0.1, -0.05) is 32.0 Å². The predicted molar refractivity (Wildman–Crippen MR) is 63.2 cm³/mol. The van der Waals surface area contributed by atoms with E-state index in [0.29, 0.717) is 5.56 Å². The fourth-order valence-corrected chi connectivity index (χ4v) is 1.46. The Hall–Kier alpha value is -1.64. The molecule has 1 aromatic rings. The number of Topliss-reactive ketones (excluding diaryl/α,β-unsaturated/α-hetero) is 1. The number of ketones is 1. The van der Waals surface area contributed by atoms with Crippen LogP contribution in [0.15, 0.2) is 24.3 Å². The third-order valence-electron chi connectivity index (χ3n) is 2.62. The van der Waals surface area contributed by atoms with Crippen LogP contribution in [0.4, 0.5) is 0 Å². The number of carbonyl (C=O) groups is 2. The van der Waals surface area contributed by atoms with Gasteiger partial charge in [-0.25, -0.2) is 0 Å². The van der Waals surface area contributed by atoms with E-state index in [1.807, 2.05) is 19.9 Å². The summed E-state index contributed by atoms with van der Waals surface area (Å²) in [6, 6.07) is 7.11. The summed E-state index contributed by atoms with van der Waals surface area (Å²) in [7, 11) is 0. The van der Waals surface area contributed by atoms with E-state index in [1.165, 1.54) is 0 Å². The quantitative estimate of drug-likeness (QED) is 0.788. The van der Waals surface area contributed by atoms with Crippen LogP contribution in [0.3, 0.4) is 0 Å². The molecule has 1 amide bonds. The van der Waals surface area contributed by atoms with Gasteiger partial charge in [-0.15, -0.1) is 0 Å². The molecule has 0 aliphatic rings. The number of benzene rings is 1. The first-order chi connectivity index (χ1) is 7.43. The van der Waals surface area contributed by atoms with Gasteiger partial charge < -0.3 is 5.73 Å². The number of amides is 1. The number of hydrogen-bond acceptors (Lipinski definition) is 2. The minimum absolute atomic E-state index is 0.0425. The standard InChI is InChI=1S/C13H17NO2/c1-8(2)12(15)11-6-4-5-10(7-11)9(3)13(14)16/h4-9H,1-3H3,(H2,14,16). The van der Waals surface area contributed by atoms with Crippen LogP contribution in [0.2, 0.25) is 0 Å². The Bertz CT molecular complexity index is 410. The highest BCUT2D eigenvalue weighted by Gasteiger charge is 2.15. The van der Waals surface area contributed by atoms with Crippen molar-refractivity contribution in [2.45, 2.75) is 26.7 Å². The zero-order chi connectivity index (χ0) is 12.3. The molecule has 0 radical (unpaired) electrons. The Morgan fingerprint density at radius 2 is 1.81 bits per heavy atom. The van der Waals surface area contributed by atoms with Crippen LogP contribution in [-0.2, 0) is 4.79 Å². The number of primary amides is 1. The molecule has 0 aliphatic carbocycles. The van der Waals surface area contributed by atoms with Crippen LogP contribution in [0.1, 0.15) is 42.6 Å². The van der Waals surface area contributed by atoms with Gasteiger partial charge in [0.05, 0.1) is 5.92 Å². The molecule has 1 atom stereocenters. The average Bonchev–Trinajstić information content (AvgIpc) is 2.26. The van der Waals surface area contributed by atoms with E-state index < -0.39 is 0 Å². The molecule has 3 heteroatoms. The third-order valence-corrected chi connectivity index (χ3v) is 2.62. The lowest BCUT2D eigenvalue weighted by Crippen LogP contribution is -2.19. The Balaban J connectivity index is 3.04. The Labute approximate surface area is 95.6 Å². The zero-order valence-corrected chi connectivity index (χ0v) is 9.86. The lowest BCUT2D eigenvalue weighted by molar-refractivity contribution is -0.119. The maximum absolute atomic E-state index is 11.8. The van der Waals surface area contributed by atoms with Crippen molar-refractivity contribution in [1.82, 2.24) is 0 Å². The van der Waals surface area contributed by atoms with Gasteiger partial charge in [0.15, 0.2) is 5.78 Å². The van der Waals surface area contributed by atoms with Crippen LogP contribution in [0.25, 0.3) is 0 Å². The van der Waals surface area contributed by atoms with Gasteiger partial charge >= 0.3 is 0 Å². The summed E-state index contributed by atoms with van der Waals surface area (Å²) in [5.41, 5.74) is 6.66. The minimum Gasteiger partial charge on any atom is -0.369 e. The molecular weight excluding hydrogens is 202 g/mol. The fraction of sp³-hybridized carbons (Fsp3) is 0.385. The van der Waals surface area contributed by atoms with Crippen LogP contribution in [-0.4, -0.2) is 11.7 Å². The molecule has 0 spiro atoms. The van der Waals surface area contributed by atoms with Crippen molar-refractivity contribution in [1.29, 1.82) is 0 Å². The van der Waals surface area contributed by atoms with E-state index in [4.69, 9.17) is 5.73 Å². The molecule has 0 bridgehead atoms. The maximum Gasteiger partial charge on any atom is 0.224 e. The van der Waals surface area contributed by atoms with Crippen molar-refractivity contribution in [3.05, 3.63) is 35.4 Å². The van der Waals surface area contributed by atoms with E-state index in [0.717, 1.165) is 5.56 Å². The van der Waals surface area contributed by atoms with Crippen molar-refractivity contribution >= 4 is 11.7 Å². The van der Waals surface area contributed by atoms with Crippen molar-refractivity contribution in [3.8, 4) is 0 Å². The van der Waals surface area contributed by atoms with Crippen LogP contribution in [0, 0.1) is 5.92 Å². The summed E-state index contributed by atoms with van der Waals surface area (Å²) in [5.74, 6) is -0.702. The molecule has 0 aromatic heterocycles. The molecule has 0 aliphatic heterocycles. The Morgan fingerprint density at radius 1 is 1.19 bits per heavy atom. The van der Waals surface area contributed by atoms with Gasteiger partial charge in [-0.3, -0.25) is 9.59 Å². The highest BCUT2D eigenvalue weighted by molar-refractivity contribution is 5.97. The molecule has 1 unspecified atom stereocenters. The van der Waals surface area contributed by atoms with Gasteiger partial charge in [-0.2, -0.15) is 0 Å². The smallest absolute Gasteiger partial charge is 0.224 e. The molecular formula is C13H17NO2. The molecule has 1 rings (SSSR count). The van der Waals surface area contributed by atoms with Crippen molar-refractivity contribution in [2.75, 3.05) is 0 Å². The highest BCUT2D eigenvalue weighted by atomic mass is 16.1. The Kier molecular flexibility index (Phi) is 3.82. The second-order valence-corrected chi connectivity index (χ2v) is 4.27. The summed E-state index contributed by atoms with van der Waals surface area (Å²) in [4.78, 5) is 22.8. The second kappa shape index (κ2) is 4.92. The molecule has 3 nitrogen and oxygen atoms in total. The first kappa shape index (κ1) is 12.4. The average molecular weight is 219 g/mol. The summed E-state index contributed by atoms with van der Waals surface area (Å²) in [6.07, 6.45) is 0. The molecule has 0 heterocycles. The highest BCUT2D eigenvalue weighted by Crippen LogP contribution is 2.18. The number of carbonyl (C=O) groups excluding carboxylic acids is 2. The summed E-state index contributed by atoms with van der Waals surface area (Å²) < 4.78 is 0. The van der Waals surface area contributed by atoms with E-state index in [-0.39, 0.29) is 23.5 Å². The summed E-state index contributed by atoms with van der Waals surface area (Å²) in [6.45, 7) is 5.44. The maximum atomic E-state index is 11.8. The second-order valence-electron chi connectivity index (χ2n) is 4.27. The first-order valence-corrected chi connectivity index (χ1v) is 5.37. The van der Waals surface area contributed by atoms with E-state index in [1.54, 1.807) is 25.1 Å². The largest absolute Gasteiger partial charge is 0.369 e. The lowest BCUT2D eigenvalue weighted by atomic mass is 9.94. The minimum atomic E-state index is -0.380. The molecule has 1 aromatic carbocycles. The molecule has 0 saturated heterocycles. The molecule has 86 valence electrons. The number of rotatable bonds is 4. The zero-order valence-electron chi connectivity index (χ0n) is 9.86. The number of nitrogens with two attached hydrogens (primary N) is 1. The van der Waals surface area contributed by atoms with E-state index in [9.17, 15) is 9.59 Å². The van der Waals surface area contributed by atoms with Crippen molar-refractivity contribution < 1.29 is 9.59 Å². The van der Waals surface area contributed by atoms with Crippen LogP contribution in [0.5, 0.6) is 0 Å². The SMILES string of the molecule is CC(C)C(=O)c1cccc(C(C)C(N)=O)c1. The fourth-order valence-electron chi connectivity index (χ4n) is 1.46. The van der Waals surface area contributed by atoms with Gasteiger partial charge in [0.1, 0.15) is 0 Å². The number of hydrogen-bond donors (Lipinski definition) is 1. The lowest BCUT2D eigenvalue weighted by Gasteiger charge is -2.10. The molecule has 0 fully saturated rings. The molecule has 2 N–H and O–H groups in total. The van der Waals surface area contributed by atoms with Crippen molar-refractivity contribution in [3.63, 3.8) is 0 Å². The summed E-state index contributed by atoms with van der Waals surface area (Å²) >= 11 is 0. The van der Waals surface area contributed by atoms with Gasteiger partial charge in [0.25, 0.3) is 0 Å². The Morgan fingerprint density at radius 3 is 2.31 bits per heavy atom. The van der Waals surface area contributed by atoms with E-state index in [2.05, 4.69) is 0 Å². The predicted octanol–water partition coefficient (Wildman–Crippen LogP) is 2.11. The molecule has 0 saturated carbocycles. The van der Waals surface area contributed by atoms with Crippen LogP contribution >= 0.6 is 0 Å². The van der Waals surface area contributed by atoms with Crippen molar-refractivity contribution in [2.24, 2.45) is 11.7 Å². The van der Waals surface area contributed by atoms with Gasteiger partial charge in [0.2, 0.25) is 5.91 Å². The monoisotopic (exact) mass is 219 g/mol. The van der Waals surface area contributed by atoms with Crippen LogP contribution < -0.4 is 5.73 Å². The molecule has 16 heavy (non-hydrogen) atoms. The van der Waals surface area contributed by atoms with Gasteiger partial charge in [-0.05, 0) is 18.6 Å². The van der Waals surface area contributed by atoms with Gasteiger partial charge in [0, 0.05) is 11.5 Å². The van der Waals surface area contributed by atoms with E-state index >= 15 is 0 Å². The normalized spacial score (nSPS) is 12.5. The third kappa shape index (κ3) is 2.69. The summed E-state index contributed by atoms with van der Waals surface area (Å²) in [5, 5.41) is 0.